The van der Waals surface area contributed by atoms with Crippen LogP contribution in [-0.2, 0) is 41.7 Å². The third-order valence-corrected chi connectivity index (χ3v) is 14.6. The van der Waals surface area contributed by atoms with Crippen molar-refractivity contribution in [3.63, 3.8) is 0 Å². The average Bonchev–Trinajstić information content (AvgIpc) is 3.66. The van der Waals surface area contributed by atoms with E-state index in [4.69, 9.17) is 4.74 Å². The summed E-state index contributed by atoms with van der Waals surface area (Å²) in [5, 5.41) is 21.3. The van der Waals surface area contributed by atoms with Crippen LogP contribution < -0.4 is 0 Å². The molecule has 454 valence electrons. The summed E-state index contributed by atoms with van der Waals surface area (Å²) in [6, 6.07) is 21.6. The van der Waals surface area contributed by atoms with Gasteiger partial charge in [0.2, 0.25) is 0 Å². The second kappa shape index (κ2) is 29.3. The van der Waals surface area contributed by atoms with E-state index in [1.165, 1.54) is 55.6 Å². The number of alkyl halides is 8. The van der Waals surface area contributed by atoms with E-state index in [9.17, 15) is 61.9 Å². The Labute approximate surface area is 499 Å². The molecule has 0 aliphatic heterocycles. The molecule has 26 heteroatoms. The van der Waals surface area contributed by atoms with Gasteiger partial charge in [0.05, 0.1) is 58.6 Å². The second-order valence-corrected chi connectivity index (χ2v) is 28.0. The van der Waals surface area contributed by atoms with Crippen molar-refractivity contribution < 1.29 is 66.6 Å². The summed E-state index contributed by atoms with van der Waals surface area (Å²) in [6.45, 7) is 12.3. The number of benzene rings is 5. The Morgan fingerprint density at radius 3 is 1.36 bits per heavy atom. The van der Waals surface area contributed by atoms with Gasteiger partial charge in [-0.15, -0.1) is 0 Å². The second-order valence-electron chi connectivity index (χ2n) is 20.6. The minimum atomic E-state index is -3.23. The summed E-state index contributed by atoms with van der Waals surface area (Å²) in [6.07, 6.45) is 11.2. The lowest BCUT2D eigenvalue weighted by Crippen LogP contribution is -2.22. The van der Waals surface area contributed by atoms with Crippen LogP contribution in [0, 0.1) is 29.1 Å². The van der Waals surface area contributed by atoms with Gasteiger partial charge in [-0.25, -0.2) is 61.8 Å². The first-order valence-electron chi connectivity index (χ1n) is 25.4. The maximum atomic E-state index is 13.6. The van der Waals surface area contributed by atoms with E-state index in [2.05, 4.69) is 82.1 Å². The summed E-state index contributed by atoms with van der Waals surface area (Å²) < 4.78 is 181. The molecule has 0 unspecified atom stereocenters. The van der Waals surface area contributed by atoms with Crippen molar-refractivity contribution in [2.75, 3.05) is 6.61 Å². The first-order valence-corrected chi connectivity index (χ1v) is 30.7. The van der Waals surface area contributed by atoms with Crippen molar-refractivity contribution >= 4 is 45.7 Å². The zero-order valence-electron chi connectivity index (χ0n) is 46.8. The lowest BCUT2D eigenvalue weighted by Gasteiger charge is -2.15. The average molecular weight is 1350 g/mol. The largest absolute Gasteiger partial charge is 0.360 e. The van der Waals surface area contributed by atoms with Gasteiger partial charge < -0.3 is 4.74 Å². The number of carbonyl (C=O) groups is 1. The predicted octanol–water partition coefficient (Wildman–Crippen LogP) is 18.5. The van der Waals surface area contributed by atoms with E-state index in [-0.39, 0.29) is 11.3 Å². The van der Waals surface area contributed by atoms with E-state index in [1.54, 1.807) is 52.6 Å². The minimum Gasteiger partial charge on any atom is -0.360 e. The van der Waals surface area contributed by atoms with Gasteiger partial charge >= 0.3 is 0 Å². The van der Waals surface area contributed by atoms with Crippen LogP contribution in [0.5, 0.6) is 0 Å². The Morgan fingerprint density at radius 1 is 0.541 bits per heavy atom. The third-order valence-electron chi connectivity index (χ3n) is 11.9. The van der Waals surface area contributed by atoms with Crippen LogP contribution >= 0.6 is 31.9 Å². The van der Waals surface area contributed by atoms with Gasteiger partial charge in [-0.1, -0.05) is 69.7 Å². The van der Waals surface area contributed by atoms with Crippen molar-refractivity contribution in [2.24, 2.45) is 0 Å². The lowest BCUT2D eigenvalue weighted by molar-refractivity contribution is 0.0130. The highest BCUT2D eigenvalue weighted by atomic mass is 79.9. The molecule has 0 spiro atoms. The normalized spacial score (nSPS) is 11.8. The quantitative estimate of drug-likeness (QED) is 0.0457. The summed E-state index contributed by atoms with van der Waals surface area (Å²) in [5.74, 6) is -17.1. The lowest BCUT2D eigenvalue weighted by atomic mass is 10.0. The molecule has 0 atom stereocenters. The van der Waals surface area contributed by atoms with Gasteiger partial charge in [-0.2, -0.15) is 20.4 Å². The number of Topliss-reactive ketones (excluding diaryl/α,β-unsaturated/α-hetero) is 1. The molecule has 9 aromatic rings. The van der Waals surface area contributed by atoms with Crippen molar-refractivity contribution in [1.29, 1.82) is 0 Å². The molecule has 0 radical (unpaired) electrons. The number of carbonyl (C=O) groups excluding carboxylic acids is 1. The fraction of sp³-hybridized carbons (Fsp3) is 0.271. The summed E-state index contributed by atoms with van der Waals surface area (Å²) >= 11 is 6.13. The van der Waals surface area contributed by atoms with Crippen molar-refractivity contribution in [3.8, 4) is 33.4 Å². The Hall–Kier alpha value is -7.16. The number of rotatable bonds is 15. The standard InChI is InChI=1S/C17H23F3N2OSi.C15H13F3N4.C11H9F3N2.C8H6BrF3.C8H6BrFO/c1-17(19,20)15-9-13(5-6-16(15)18)14-10-21-22(11-14)12-23-7-8-24(2,3)4;1-15(17,18)13-6-10(2-3-14(13)16)11-7-20-22(8-11)9-12-4-5-19-21-12;1-11(13,14)9-4-7(2-3-10(9)12)8-5-15-16-6-8;1-8(11,12)6-4-5(9)2-3-7(6)10;1-5(11)7-4-6(9)2-3-8(7)10/h5-6,9-11H,7-8,12H2,1-4H3;2-8H,9H2,1H3,(H,19,21);2-6H,1H3,(H,15,16);2-4H,1H3;2-4H,1H3. The number of ether oxygens (including phenoxy) is 1. The Kier molecular flexibility index (Phi) is 23.6. The number of hydrogen-bond acceptors (Lipinski definition) is 6. The zero-order valence-corrected chi connectivity index (χ0v) is 50.9. The molecule has 0 aliphatic carbocycles. The fourth-order valence-electron chi connectivity index (χ4n) is 7.40. The molecular weight excluding hydrogens is 1290 g/mol. The Bertz CT molecular complexity index is 3610. The molecule has 0 aliphatic rings. The van der Waals surface area contributed by atoms with E-state index in [0.29, 0.717) is 89.9 Å². The SMILES string of the molecule is CC(=O)c1cc(Br)ccc1F.CC(F)(F)c1cc(-c2cn[nH]c2)ccc1F.CC(F)(F)c1cc(-c2cnn(COCC[Si](C)(C)C)c2)ccc1F.CC(F)(F)c1cc(-c2cnn(Cc3ccn[nH]3)c2)ccc1F.CC(F)(F)c1cc(Br)ccc1F. The van der Waals surface area contributed by atoms with E-state index >= 15 is 0 Å². The number of nitrogens with zero attached hydrogens (tertiary/aromatic N) is 6. The maximum absolute atomic E-state index is 13.6. The molecule has 0 bridgehead atoms. The number of aromatic nitrogens is 8. The van der Waals surface area contributed by atoms with E-state index in [0.717, 1.165) is 54.2 Å². The molecule has 4 aromatic heterocycles. The number of aromatic amines is 2. The smallest absolute Gasteiger partial charge is 0.273 e. The van der Waals surface area contributed by atoms with E-state index < -0.39 is 83.1 Å². The fourth-order valence-corrected chi connectivity index (χ4v) is 8.88. The van der Waals surface area contributed by atoms with Crippen LogP contribution in [-0.4, -0.2) is 60.4 Å². The van der Waals surface area contributed by atoms with Crippen molar-refractivity contribution in [3.05, 3.63) is 212 Å². The molecule has 0 saturated carbocycles. The van der Waals surface area contributed by atoms with Gasteiger partial charge in [0, 0.05) is 92.8 Å². The Balaban J connectivity index is 0.000000200. The van der Waals surface area contributed by atoms with Crippen LogP contribution in [0.1, 0.15) is 72.9 Å². The molecule has 0 fully saturated rings. The summed E-state index contributed by atoms with van der Waals surface area (Å²) in [7, 11) is -1.13. The van der Waals surface area contributed by atoms with Crippen molar-refractivity contribution in [2.45, 2.75) is 97.3 Å². The molecule has 9 rings (SSSR count). The van der Waals surface area contributed by atoms with Gasteiger partial charge in [-0.05, 0) is 109 Å². The highest BCUT2D eigenvalue weighted by Crippen LogP contribution is 2.36. The molecular formula is C59H57Br2F13N8O2Si. The van der Waals surface area contributed by atoms with Gasteiger partial charge in [-0.3, -0.25) is 19.7 Å². The van der Waals surface area contributed by atoms with Crippen molar-refractivity contribution in [1.82, 2.24) is 40.0 Å². The van der Waals surface area contributed by atoms with Crippen LogP contribution in [0.25, 0.3) is 33.4 Å². The molecule has 85 heavy (non-hydrogen) atoms. The first-order chi connectivity index (χ1) is 39.5. The molecule has 10 nitrogen and oxygen atoms in total. The predicted molar refractivity (Wildman–Crippen MR) is 307 cm³/mol. The number of H-pyrrole nitrogens is 2. The highest BCUT2D eigenvalue weighted by molar-refractivity contribution is 9.10. The first kappa shape index (κ1) is 68.6. The third kappa shape index (κ3) is 21.4. The van der Waals surface area contributed by atoms with Crippen LogP contribution in [0.4, 0.5) is 57.1 Å². The molecule has 5 aromatic carbocycles. The van der Waals surface area contributed by atoms with E-state index in [1.807, 2.05) is 6.07 Å². The van der Waals surface area contributed by atoms with Gasteiger partial charge in [0.15, 0.2) is 5.78 Å². The number of ketones is 1. The molecule has 4 heterocycles. The monoisotopic (exact) mass is 1340 g/mol. The van der Waals surface area contributed by atoms with Gasteiger partial charge in [0.1, 0.15) is 35.8 Å². The molecule has 0 saturated heterocycles. The number of hydrogen-bond donors (Lipinski definition) is 2. The number of nitrogens with one attached hydrogen (secondary N) is 2. The summed E-state index contributed by atoms with van der Waals surface area (Å²) in [4.78, 5) is 10.8. The van der Waals surface area contributed by atoms with Gasteiger partial charge in [0.25, 0.3) is 23.7 Å². The summed E-state index contributed by atoms with van der Waals surface area (Å²) in [5.41, 5.74) is 2.01. The maximum Gasteiger partial charge on any atom is 0.273 e. The van der Waals surface area contributed by atoms with Crippen LogP contribution in [0.2, 0.25) is 25.7 Å². The zero-order chi connectivity index (χ0) is 63.2. The van der Waals surface area contributed by atoms with Crippen LogP contribution in [0.15, 0.2) is 149 Å². The highest BCUT2D eigenvalue weighted by Gasteiger charge is 2.31. The molecule has 2 N–H and O–H groups in total. The Morgan fingerprint density at radius 2 is 0.965 bits per heavy atom. The topological polar surface area (TPSA) is 119 Å². The minimum absolute atomic E-state index is 0.124. The molecule has 0 amide bonds. The van der Waals surface area contributed by atoms with Crippen LogP contribution in [0.3, 0.4) is 0 Å². The number of halogens is 15.